The summed E-state index contributed by atoms with van der Waals surface area (Å²) in [6, 6.07) is 17.9. The van der Waals surface area contributed by atoms with E-state index in [2.05, 4.69) is 0 Å². The first-order valence-electron chi connectivity index (χ1n) is 7.74. The standard InChI is InChI=1S/C19H21NO2/c1-14-12-20(13-15(2)22-14)19(21)18-11-7-6-10-17(18)16-8-4-3-5-9-16/h3-11,14-15H,12-13H2,1-2H3. The molecule has 2 unspecified atom stereocenters. The van der Waals surface area contributed by atoms with Crippen molar-refractivity contribution in [2.45, 2.75) is 26.1 Å². The largest absolute Gasteiger partial charge is 0.372 e. The highest BCUT2D eigenvalue weighted by Crippen LogP contribution is 2.25. The van der Waals surface area contributed by atoms with Gasteiger partial charge >= 0.3 is 0 Å². The normalized spacial score (nSPS) is 21.6. The van der Waals surface area contributed by atoms with Crippen LogP contribution in [-0.2, 0) is 4.74 Å². The smallest absolute Gasteiger partial charge is 0.254 e. The number of hydrogen-bond donors (Lipinski definition) is 0. The van der Waals surface area contributed by atoms with Crippen LogP contribution in [0.5, 0.6) is 0 Å². The Labute approximate surface area is 131 Å². The number of rotatable bonds is 2. The van der Waals surface area contributed by atoms with Gasteiger partial charge in [0.1, 0.15) is 0 Å². The molecule has 2 atom stereocenters. The van der Waals surface area contributed by atoms with Crippen LogP contribution in [0.3, 0.4) is 0 Å². The zero-order valence-corrected chi connectivity index (χ0v) is 13.0. The quantitative estimate of drug-likeness (QED) is 0.847. The topological polar surface area (TPSA) is 29.5 Å². The molecule has 0 spiro atoms. The highest BCUT2D eigenvalue weighted by atomic mass is 16.5. The fourth-order valence-electron chi connectivity index (χ4n) is 3.05. The first kappa shape index (κ1) is 14.8. The molecule has 0 radical (unpaired) electrons. The molecule has 1 heterocycles. The fraction of sp³-hybridized carbons (Fsp3) is 0.316. The molecule has 0 aliphatic carbocycles. The van der Waals surface area contributed by atoms with E-state index in [0.29, 0.717) is 13.1 Å². The lowest BCUT2D eigenvalue weighted by atomic mass is 9.98. The van der Waals surface area contributed by atoms with Crippen LogP contribution in [0.15, 0.2) is 54.6 Å². The average molecular weight is 295 g/mol. The average Bonchev–Trinajstić information content (AvgIpc) is 2.54. The zero-order valence-electron chi connectivity index (χ0n) is 13.0. The summed E-state index contributed by atoms with van der Waals surface area (Å²) in [5, 5.41) is 0. The fourth-order valence-corrected chi connectivity index (χ4v) is 3.05. The van der Waals surface area contributed by atoms with E-state index < -0.39 is 0 Å². The molecule has 3 nitrogen and oxygen atoms in total. The minimum atomic E-state index is 0.0802. The van der Waals surface area contributed by atoms with Crippen LogP contribution in [0.1, 0.15) is 24.2 Å². The SMILES string of the molecule is CC1CN(C(=O)c2ccccc2-c2ccccc2)CC(C)O1. The lowest BCUT2D eigenvalue weighted by Gasteiger charge is -2.35. The number of nitrogens with zero attached hydrogens (tertiary/aromatic N) is 1. The van der Waals surface area contributed by atoms with Crippen molar-refractivity contribution in [1.82, 2.24) is 4.90 Å². The second-order valence-corrected chi connectivity index (χ2v) is 5.88. The molecule has 2 aromatic rings. The Morgan fingerprint density at radius 2 is 1.55 bits per heavy atom. The number of carbonyl (C=O) groups is 1. The van der Waals surface area contributed by atoms with Gasteiger partial charge in [-0.3, -0.25) is 4.79 Å². The van der Waals surface area contributed by atoms with E-state index in [-0.39, 0.29) is 18.1 Å². The Morgan fingerprint density at radius 1 is 0.955 bits per heavy atom. The highest BCUT2D eigenvalue weighted by Gasteiger charge is 2.27. The summed E-state index contributed by atoms with van der Waals surface area (Å²) in [7, 11) is 0. The summed E-state index contributed by atoms with van der Waals surface area (Å²) in [5.41, 5.74) is 2.82. The summed E-state index contributed by atoms with van der Waals surface area (Å²) < 4.78 is 5.72. The van der Waals surface area contributed by atoms with Gasteiger partial charge in [-0.25, -0.2) is 0 Å². The van der Waals surface area contributed by atoms with Gasteiger partial charge in [-0.15, -0.1) is 0 Å². The molecule has 1 aliphatic heterocycles. The summed E-state index contributed by atoms with van der Waals surface area (Å²) >= 11 is 0. The number of morpholine rings is 1. The van der Waals surface area contributed by atoms with Crippen molar-refractivity contribution in [3.05, 3.63) is 60.2 Å². The Balaban J connectivity index is 1.93. The summed E-state index contributed by atoms with van der Waals surface area (Å²) in [6.07, 6.45) is 0.160. The van der Waals surface area contributed by atoms with Crippen molar-refractivity contribution in [3.8, 4) is 11.1 Å². The lowest BCUT2D eigenvalue weighted by molar-refractivity contribution is -0.0586. The van der Waals surface area contributed by atoms with E-state index in [1.54, 1.807) is 0 Å². The summed E-state index contributed by atoms with van der Waals surface area (Å²) in [4.78, 5) is 14.9. The number of ether oxygens (including phenoxy) is 1. The van der Waals surface area contributed by atoms with Crippen LogP contribution >= 0.6 is 0 Å². The molecule has 0 bridgehead atoms. The number of hydrogen-bond acceptors (Lipinski definition) is 2. The van der Waals surface area contributed by atoms with Gasteiger partial charge in [-0.05, 0) is 31.0 Å². The molecule has 0 saturated carbocycles. The van der Waals surface area contributed by atoms with E-state index in [1.807, 2.05) is 73.3 Å². The van der Waals surface area contributed by atoms with Gasteiger partial charge in [0.25, 0.3) is 5.91 Å². The van der Waals surface area contributed by atoms with Gasteiger partial charge in [-0.1, -0.05) is 48.5 Å². The Kier molecular flexibility index (Phi) is 4.25. The van der Waals surface area contributed by atoms with Crippen LogP contribution in [0.2, 0.25) is 0 Å². The van der Waals surface area contributed by atoms with Crippen molar-refractivity contribution < 1.29 is 9.53 Å². The molecular weight excluding hydrogens is 274 g/mol. The van der Waals surface area contributed by atoms with Gasteiger partial charge < -0.3 is 9.64 Å². The molecule has 1 aliphatic rings. The number of carbonyl (C=O) groups excluding carboxylic acids is 1. The third-order valence-electron chi connectivity index (χ3n) is 3.95. The number of amides is 1. The molecule has 22 heavy (non-hydrogen) atoms. The van der Waals surface area contributed by atoms with Gasteiger partial charge in [0, 0.05) is 18.7 Å². The predicted octanol–water partition coefficient (Wildman–Crippen LogP) is 3.60. The van der Waals surface area contributed by atoms with Crippen LogP contribution in [0, 0.1) is 0 Å². The minimum absolute atomic E-state index is 0.0802. The molecule has 114 valence electrons. The molecule has 1 saturated heterocycles. The van der Waals surface area contributed by atoms with Crippen molar-refractivity contribution in [1.29, 1.82) is 0 Å². The Hall–Kier alpha value is -2.13. The molecule has 0 N–H and O–H groups in total. The third kappa shape index (κ3) is 3.04. The maximum Gasteiger partial charge on any atom is 0.254 e. The van der Waals surface area contributed by atoms with E-state index in [9.17, 15) is 4.79 Å². The van der Waals surface area contributed by atoms with E-state index >= 15 is 0 Å². The second kappa shape index (κ2) is 6.32. The molecule has 3 heteroatoms. The van der Waals surface area contributed by atoms with Crippen molar-refractivity contribution in [3.63, 3.8) is 0 Å². The zero-order chi connectivity index (χ0) is 15.5. The van der Waals surface area contributed by atoms with E-state index in [0.717, 1.165) is 16.7 Å². The van der Waals surface area contributed by atoms with Crippen molar-refractivity contribution in [2.75, 3.05) is 13.1 Å². The van der Waals surface area contributed by atoms with Crippen LogP contribution in [0.25, 0.3) is 11.1 Å². The lowest BCUT2D eigenvalue weighted by Crippen LogP contribution is -2.48. The second-order valence-electron chi connectivity index (χ2n) is 5.88. The summed E-state index contributed by atoms with van der Waals surface area (Å²) in [6.45, 7) is 5.32. The molecular formula is C19H21NO2. The maximum absolute atomic E-state index is 13.0. The van der Waals surface area contributed by atoms with Gasteiger partial charge in [0.05, 0.1) is 12.2 Å². The van der Waals surface area contributed by atoms with E-state index in [1.165, 1.54) is 0 Å². The molecule has 3 rings (SSSR count). The first-order valence-corrected chi connectivity index (χ1v) is 7.74. The van der Waals surface area contributed by atoms with Gasteiger partial charge in [0.2, 0.25) is 0 Å². The van der Waals surface area contributed by atoms with Crippen LogP contribution in [-0.4, -0.2) is 36.1 Å². The van der Waals surface area contributed by atoms with Crippen molar-refractivity contribution in [2.24, 2.45) is 0 Å². The van der Waals surface area contributed by atoms with E-state index in [4.69, 9.17) is 4.74 Å². The molecule has 1 fully saturated rings. The van der Waals surface area contributed by atoms with Crippen LogP contribution in [0.4, 0.5) is 0 Å². The van der Waals surface area contributed by atoms with Gasteiger partial charge in [0.15, 0.2) is 0 Å². The Bertz CT molecular complexity index is 643. The first-order chi connectivity index (χ1) is 10.6. The van der Waals surface area contributed by atoms with Gasteiger partial charge in [-0.2, -0.15) is 0 Å². The van der Waals surface area contributed by atoms with Crippen molar-refractivity contribution >= 4 is 5.91 Å². The summed E-state index contributed by atoms with van der Waals surface area (Å²) in [5.74, 6) is 0.0847. The molecule has 2 aromatic carbocycles. The third-order valence-corrected chi connectivity index (χ3v) is 3.95. The molecule has 1 amide bonds. The predicted molar refractivity (Wildman–Crippen MR) is 87.8 cm³/mol. The Morgan fingerprint density at radius 3 is 2.23 bits per heavy atom. The monoisotopic (exact) mass is 295 g/mol. The number of benzene rings is 2. The minimum Gasteiger partial charge on any atom is -0.372 e. The highest BCUT2D eigenvalue weighted by molar-refractivity contribution is 6.01. The van der Waals surface area contributed by atoms with Crippen LogP contribution < -0.4 is 0 Å². The maximum atomic E-state index is 13.0. The molecule has 0 aromatic heterocycles.